The van der Waals surface area contributed by atoms with Crippen molar-refractivity contribution in [3.63, 3.8) is 0 Å². The SMILES string of the molecule is NC(C1C=CC=CO1)C(F)(F)F. The fourth-order valence-electron chi connectivity index (χ4n) is 0.791. The molecule has 5 heteroatoms. The van der Waals surface area contributed by atoms with Crippen LogP contribution < -0.4 is 5.73 Å². The van der Waals surface area contributed by atoms with E-state index >= 15 is 0 Å². The Bertz CT molecular complexity index is 209. The van der Waals surface area contributed by atoms with Gasteiger partial charge in [-0.2, -0.15) is 13.2 Å². The molecule has 0 spiro atoms. The van der Waals surface area contributed by atoms with Crippen molar-refractivity contribution in [2.45, 2.75) is 18.3 Å². The van der Waals surface area contributed by atoms with Crippen molar-refractivity contribution >= 4 is 0 Å². The molecule has 0 aliphatic carbocycles. The van der Waals surface area contributed by atoms with Crippen molar-refractivity contribution in [2.24, 2.45) is 5.73 Å². The first kappa shape index (κ1) is 9.12. The zero-order chi connectivity index (χ0) is 9.19. The molecule has 1 aliphatic rings. The lowest BCUT2D eigenvalue weighted by Gasteiger charge is -2.23. The maximum Gasteiger partial charge on any atom is 0.407 e. The minimum atomic E-state index is -4.42. The highest BCUT2D eigenvalue weighted by Gasteiger charge is 2.42. The van der Waals surface area contributed by atoms with Gasteiger partial charge in [0.05, 0.1) is 6.26 Å². The summed E-state index contributed by atoms with van der Waals surface area (Å²) in [5.41, 5.74) is 4.89. The topological polar surface area (TPSA) is 35.2 Å². The van der Waals surface area contributed by atoms with E-state index in [1.165, 1.54) is 24.5 Å². The molecule has 0 saturated carbocycles. The molecule has 2 N–H and O–H groups in total. The lowest BCUT2D eigenvalue weighted by atomic mass is 10.1. The summed E-state index contributed by atoms with van der Waals surface area (Å²) in [4.78, 5) is 0. The van der Waals surface area contributed by atoms with E-state index in [1.807, 2.05) is 0 Å². The van der Waals surface area contributed by atoms with Crippen LogP contribution in [0.15, 0.2) is 24.5 Å². The van der Waals surface area contributed by atoms with Gasteiger partial charge in [-0.25, -0.2) is 0 Å². The van der Waals surface area contributed by atoms with E-state index in [-0.39, 0.29) is 0 Å². The molecule has 2 atom stereocenters. The smallest absolute Gasteiger partial charge is 0.407 e. The number of halogens is 3. The zero-order valence-corrected chi connectivity index (χ0v) is 6.08. The molecule has 0 bridgehead atoms. The van der Waals surface area contributed by atoms with Gasteiger partial charge in [-0.05, 0) is 12.2 Å². The lowest BCUT2D eigenvalue weighted by Crippen LogP contribution is -2.47. The van der Waals surface area contributed by atoms with Crippen molar-refractivity contribution in [1.82, 2.24) is 0 Å². The second-order valence-electron chi connectivity index (χ2n) is 2.38. The summed E-state index contributed by atoms with van der Waals surface area (Å²) in [7, 11) is 0. The largest absolute Gasteiger partial charge is 0.492 e. The summed E-state index contributed by atoms with van der Waals surface area (Å²) in [6.07, 6.45) is -0.0801. The Kier molecular flexibility index (Phi) is 2.42. The monoisotopic (exact) mass is 179 g/mol. The summed E-state index contributed by atoms with van der Waals surface area (Å²) in [5, 5.41) is 0. The molecule has 0 radical (unpaired) electrons. The Morgan fingerprint density at radius 1 is 1.33 bits per heavy atom. The first-order valence-corrected chi connectivity index (χ1v) is 3.33. The third kappa shape index (κ3) is 2.01. The maximum atomic E-state index is 12.0. The van der Waals surface area contributed by atoms with Crippen molar-refractivity contribution in [3.05, 3.63) is 24.5 Å². The van der Waals surface area contributed by atoms with Gasteiger partial charge in [0.25, 0.3) is 0 Å². The Hall–Kier alpha value is -0.970. The predicted octanol–water partition coefficient (Wildman–Crippen LogP) is 1.34. The Balaban J connectivity index is 2.59. The summed E-state index contributed by atoms with van der Waals surface area (Å²) in [6, 6.07) is -1.96. The first-order chi connectivity index (χ1) is 5.52. The van der Waals surface area contributed by atoms with Gasteiger partial charge in [0, 0.05) is 0 Å². The molecule has 0 saturated heterocycles. The number of hydrogen-bond donors (Lipinski definition) is 1. The van der Waals surface area contributed by atoms with E-state index < -0.39 is 18.3 Å². The van der Waals surface area contributed by atoms with E-state index in [0.717, 1.165) is 0 Å². The molecule has 0 aromatic heterocycles. The van der Waals surface area contributed by atoms with E-state index in [4.69, 9.17) is 5.73 Å². The highest BCUT2D eigenvalue weighted by atomic mass is 19.4. The van der Waals surface area contributed by atoms with Crippen LogP contribution in [0.2, 0.25) is 0 Å². The van der Waals surface area contributed by atoms with E-state index in [0.29, 0.717) is 0 Å². The Morgan fingerprint density at radius 3 is 2.42 bits per heavy atom. The van der Waals surface area contributed by atoms with Gasteiger partial charge < -0.3 is 10.5 Å². The number of allylic oxidation sites excluding steroid dienone is 2. The number of rotatable bonds is 1. The number of nitrogens with two attached hydrogens (primary N) is 1. The van der Waals surface area contributed by atoms with Crippen LogP contribution in [0.3, 0.4) is 0 Å². The van der Waals surface area contributed by atoms with Gasteiger partial charge >= 0.3 is 6.18 Å². The Labute approximate surface area is 67.5 Å². The molecular formula is C7H8F3NO. The zero-order valence-electron chi connectivity index (χ0n) is 6.08. The highest BCUT2D eigenvalue weighted by Crippen LogP contribution is 2.23. The molecule has 1 heterocycles. The number of alkyl halides is 3. The molecule has 12 heavy (non-hydrogen) atoms. The highest BCUT2D eigenvalue weighted by molar-refractivity contribution is 5.10. The fraction of sp³-hybridized carbons (Fsp3) is 0.429. The minimum Gasteiger partial charge on any atom is -0.492 e. The standard InChI is InChI=1S/C7H8F3NO/c8-7(9,10)6(11)5-3-1-2-4-12-5/h1-6H,11H2. The number of ether oxygens (including phenoxy) is 1. The third-order valence-electron chi connectivity index (χ3n) is 1.46. The molecule has 0 amide bonds. The molecule has 1 rings (SSSR count). The van der Waals surface area contributed by atoms with Crippen LogP contribution in [0, 0.1) is 0 Å². The van der Waals surface area contributed by atoms with Crippen LogP contribution in [-0.2, 0) is 4.74 Å². The van der Waals surface area contributed by atoms with Crippen molar-refractivity contribution in [3.8, 4) is 0 Å². The second kappa shape index (κ2) is 3.18. The van der Waals surface area contributed by atoms with E-state index in [2.05, 4.69) is 4.74 Å². The minimum absolute atomic E-state index is 1.10. The van der Waals surface area contributed by atoms with Gasteiger partial charge in [-0.1, -0.05) is 6.08 Å². The second-order valence-corrected chi connectivity index (χ2v) is 2.38. The molecule has 0 fully saturated rings. The molecule has 2 nitrogen and oxygen atoms in total. The van der Waals surface area contributed by atoms with Crippen LogP contribution in [0.4, 0.5) is 13.2 Å². The van der Waals surface area contributed by atoms with Gasteiger partial charge in [-0.3, -0.25) is 0 Å². The maximum absolute atomic E-state index is 12.0. The quantitative estimate of drug-likeness (QED) is 0.659. The average molecular weight is 179 g/mol. The van der Waals surface area contributed by atoms with Gasteiger partial charge in [0.1, 0.15) is 12.1 Å². The van der Waals surface area contributed by atoms with Gasteiger partial charge in [-0.15, -0.1) is 0 Å². The molecule has 1 aliphatic heterocycles. The van der Waals surface area contributed by atoms with E-state index in [9.17, 15) is 13.2 Å². The molecular weight excluding hydrogens is 171 g/mol. The summed E-state index contributed by atoms with van der Waals surface area (Å²) >= 11 is 0. The summed E-state index contributed by atoms with van der Waals surface area (Å²) in [6.45, 7) is 0. The van der Waals surface area contributed by atoms with Crippen LogP contribution in [0.5, 0.6) is 0 Å². The molecule has 0 aromatic carbocycles. The van der Waals surface area contributed by atoms with Crippen molar-refractivity contribution in [2.75, 3.05) is 0 Å². The third-order valence-corrected chi connectivity index (χ3v) is 1.46. The molecule has 68 valence electrons. The molecule has 0 aromatic rings. The number of hydrogen-bond acceptors (Lipinski definition) is 2. The first-order valence-electron chi connectivity index (χ1n) is 3.33. The molecule has 2 unspecified atom stereocenters. The Morgan fingerprint density at radius 2 is 2.00 bits per heavy atom. The summed E-state index contributed by atoms with van der Waals surface area (Å²) < 4.78 is 40.6. The van der Waals surface area contributed by atoms with Crippen LogP contribution in [-0.4, -0.2) is 18.3 Å². The van der Waals surface area contributed by atoms with Gasteiger partial charge in [0.15, 0.2) is 0 Å². The lowest BCUT2D eigenvalue weighted by molar-refractivity contribution is -0.164. The average Bonchev–Trinajstić information content (AvgIpc) is 2.03. The van der Waals surface area contributed by atoms with Crippen LogP contribution in [0.1, 0.15) is 0 Å². The normalized spacial score (nSPS) is 25.2. The fourth-order valence-corrected chi connectivity index (χ4v) is 0.791. The predicted molar refractivity (Wildman–Crippen MR) is 37.2 cm³/mol. The van der Waals surface area contributed by atoms with Crippen molar-refractivity contribution < 1.29 is 17.9 Å². The summed E-state index contributed by atoms with van der Waals surface area (Å²) in [5.74, 6) is 0. The van der Waals surface area contributed by atoms with Crippen LogP contribution in [0.25, 0.3) is 0 Å². The van der Waals surface area contributed by atoms with Crippen molar-refractivity contribution in [1.29, 1.82) is 0 Å². The van der Waals surface area contributed by atoms with E-state index in [1.54, 1.807) is 0 Å². The van der Waals surface area contributed by atoms with Crippen LogP contribution >= 0.6 is 0 Å². The van der Waals surface area contributed by atoms with Gasteiger partial charge in [0.2, 0.25) is 0 Å².